The fraction of sp³-hybridized carbons (Fsp3) is 0.167. The molecule has 1 aromatic carbocycles. The number of nitrogens with one attached hydrogen (secondary N) is 2. The highest BCUT2D eigenvalue weighted by atomic mass is 35.5. The number of amides is 1. The van der Waals surface area contributed by atoms with Gasteiger partial charge in [0.05, 0.1) is 24.2 Å². The summed E-state index contributed by atoms with van der Waals surface area (Å²) in [6.45, 7) is 0.721. The third-order valence-corrected chi connectivity index (χ3v) is 3.90. The summed E-state index contributed by atoms with van der Waals surface area (Å²) >= 11 is 6.10. The van der Waals surface area contributed by atoms with Gasteiger partial charge in [0.1, 0.15) is 11.6 Å². The van der Waals surface area contributed by atoms with Gasteiger partial charge in [-0.05, 0) is 23.8 Å². The number of rotatable bonds is 7. The molecule has 0 bridgehead atoms. The van der Waals surface area contributed by atoms with E-state index >= 15 is 0 Å². The van der Waals surface area contributed by atoms with E-state index in [4.69, 9.17) is 16.3 Å². The van der Waals surface area contributed by atoms with Crippen LogP contribution < -0.4 is 15.4 Å². The molecule has 3 aromatic rings. The number of carbonyl (C=O) groups excluding carboxylic acids is 1. The zero-order chi connectivity index (χ0) is 19.1. The van der Waals surface area contributed by atoms with Crippen LogP contribution in [0.4, 0.5) is 5.95 Å². The van der Waals surface area contributed by atoms with Crippen LogP contribution in [0.25, 0.3) is 0 Å². The highest BCUT2D eigenvalue weighted by Crippen LogP contribution is 2.25. The van der Waals surface area contributed by atoms with Gasteiger partial charge >= 0.3 is 0 Å². The van der Waals surface area contributed by atoms with Gasteiger partial charge in [0.25, 0.3) is 5.91 Å². The van der Waals surface area contributed by atoms with Crippen molar-refractivity contribution in [1.82, 2.24) is 25.3 Å². The van der Waals surface area contributed by atoms with Gasteiger partial charge < -0.3 is 15.4 Å². The normalized spacial score (nSPS) is 10.3. The Kier molecular flexibility index (Phi) is 6.11. The van der Waals surface area contributed by atoms with Crippen LogP contribution in [0.2, 0.25) is 5.02 Å². The van der Waals surface area contributed by atoms with E-state index in [1.54, 1.807) is 37.7 Å². The van der Waals surface area contributed by atoms with Crippen molar-refractivity contribution in [3.8, 4) is 5.75 Å². The van der Waals surface area contributed by atoms with Crippen molar-refractivity contribution >= 4 is 23.5 Å². The number of nitrogens with zero attached hydrogens (tertiary/aromatic N) is 4. The largest absolute Gasteiger partial charge is 0.495 e. The molecule has 0 saturated heterocycles. The van der Waals surface area contributed by atoms with Crippen LogP contribution in [0.15, 0.2) is 49.1 Å². The lowest BCUT2D eigenvalue weighted by molar-refractivity contribution is 0.0949. The summed E-state index contributed by atoms with van der Waals surface area (Å²) in [5.74, 6) is 1.26. The summed E-state index contributed by atoms with van der Waals surface area (Å²) < 4.78 is 5.12. The number of hydrogen-bond acceptors (Lipinski definition) is 7. The maximum Gasteiger partial charge on any atom is 0.254 e. The minimum Gasteiger partial charge on any atom is -0.495 e. The second kappa shape index (κ2) is 8.91. The van der Waals surface area contributed by atoms with Crippen molar-refractivity contribution in [3.05, 3.63) is 71.0 Å². The Morgan fingerprint density at radius 3 is 2.52 bits per heavy atom. The van der Waals surface area contributed by atoms with Gasteiger partial charge in [-0.3, -0.25) is 4.79 Å². The van der Waals surface area contributed by atoms with E-state index in [9.17, 15) is 4.79 Å². The molecule has 2 N–H and O–H groups in total. The van der Waals surface area contributed by atoms with Crippen molar-refractivity contribution in [3.63, 3.8) is 0 Å². The topological polar surface area (TPSA) is 102 Å². The predicted molar refractivity (Wildman–Crippen MR) is 101 cm³/mol. The Hall–Kier alpha value is -3.26. The number of anilines is 1. The first-order chi connectivity index (χ1) is 13.2. The first-order valence-electron chi connectivity index (χ1n) is 8.08. The average Bonchev–Trinajstić information content (AvgIpc) is 2.72. The van der Waals surface area contributed by atoms with Gasteiger partial charge in [-0.1, -0.05) is 17.7 Å². The molecule has 2 heterocycles. The first kappa shape index (κ1) is 18.5. The fourth-order valence-electron chi connectivity index (χ4n) is 2.22. The Morgan fingerprint density at radius 2 is 1.85 bits per heavy atom. The summed E-state index contributed by atoms with van der Waals surface area (Å²) in [4.78, 5) is 28.5. The second-order valence-electron chi connectivity index (χ2n) is 5.47. The first-order valence-corrected chi connectivity index (χ1v) is 8.46. The molecular formula is C18H17ClN6O2. The Balaban J connectivity index is 1.53. The van der Waals surface area contributed by atoms with Gasteiger partial charge in [0, 0.05) is 31.3 Å². The maximum atomic E-state index is 12.1. The Morgan fingerprint density at radius 1 is 1.11 bits per heavy atom. The lowest BCUT2D eigenvalue weighted by Crippen LogP contribution is -2.24. The van der Waals surface area contributed by atoms with Crippen LogP contribution in [0.3, 0.4) is 0 Å². The molecule has 0 unspecified atom stereocenters. The highest BCUT2D eigenvalue weighted by Gasteiger charge is 2.08. The molecule has 0 spiro atoms. The Labute approximate surface area is 161 Å². The van der Waals surface area contributed by atoms with E-state index in [0.717, 1.165) is 5.56 Å². The number of benzene rings is 1. The van der Waals surface area contributed by atoms with Gasteiger partial charge in [0.15, 0.2) is 0 Å². The fourth-order valence-corrected chi connectivity index (χ4v) is 2.50. The number of aromatic nitrogens is 4. The smallest absolute Gasteiger partial charge is 0.254 e. The number of methoxy groups -OCH3 is 1. The average molecular weight is 385 g/mol. The van der Waals surface area contributed by atoms with Crippen molar-refractivity contribution in [1.29, 1.82) is 0 Å². The van der Waals surface area contributed by atoms with Gasteiger partial charge in [-0.15, -0.1) is 0 Å². The zero-order valence-electron chi connectivity index (χ0n) is 14.5. The molecule has 138 valence electrons. The lowest BCUT2D eigenvalue weighted by atomic mass is 10.2. The molecule has 3 rings (SSSR count). The van der Waals surface area contributed by atoms with Crippen LogP contribution in [0, 0.1) is 0 Å². The molecule has 0 aliphatic carbocycles. The van der Waals surface area contributed by atoms with Crippen LogP contribution in [-0.4, -0.2) is 33.0 Å². The zero-order valence-corrected chi connectivity index (χ0v) is 15.3. The molecule has 1 amide bonds. The summed E-state index contributed by atoms with van der Waals surface area (Å²) in [5.41, 5.74) is 1.30. The SMILES string of the molecule is COc1ccc(CNc2ncc(C(=O)NCc3ncccn3)cn2)cc1Cl. The minimum absolute atomic E-state index is 0.234. The summed E-state index contributed by atoms with van der Waals surface area (Å²) in [6.07, 6.45) is 6.15. The third-order valence-electron chi connectivity index (χ3n) is 3.61. The van der Waals surface area contributed by atoms with E-state index in [0.29, 0.717) is 34.7 Å². The monoisotopic (exact) mass is 384 g/mol. The molecule has 0 aliphatic heterocycles. The van der Waals surface area contributed by atoms with Crippen LogP contribution in [0.1, 0.15) is 21.7 Å². The van der Waals surface area contributed by atoms with Crippen LogP contribution >= 0.6 is 11.6 Å². The molecule has 0 radical (unpaired) electrons. The van der Waals surface area contributed by atoms with E-state index in [2.05, 4.69) is 30.6 Å². The summed E-state index contributed by atoms with van der Waals surface area (Å²) in [6, 6.07) is 7.21. The van der Waals surface area contributed by atoms with Gasteiger partial charge in [-0.25, -0.2) is 19.9 Å². The predicted octanol–water partition coefficient (Wildman–Crippen LogP) is 2.47. The van der Waals surface area contributed by atoms with Crippen molar-refractivity contribution in [2.75, 3.05) is 12.4 Å². The molecule has 2 aromatic heterocycles. The van der Waals surface area contributed by atoms with Crippen molar-refractivity contribution in [2.24, 2.45) is 0 Å². The molecule has 27 heavy (non-hydrogen) atoms. The number of hydrogen-bond donors (Lipinski definition) is 2. The van der Waals surface area contributed by atoms with Crippen molar-refractivity contribution < 1.29 is 9.53 Å². The second-order valence-corrected chi connectivity index (χ2v) is 5.87. The van der Waals surface area contributed by atoms with E-state index in [-0.39, 0.29) is 12.5 Å². The maximum absolute atomic E-state index is 12.1. The number of halogens is 1. The van der Waals surface area contributed by atoms with E-state index in [1.165, 1.54) is 12.4 Å². The molecule has 0 fully saturated rings. The highest BCUT2D eigenvalue weighted by molar-refractivity contribution is 6.32. The van der Waals surface area contributed by atoms with Crippen LogP contribution in [0.5, 0.6) is 5.75 Å². The van der Waals surface area contributed by atoms with Gasteiger partial charge in [-0.2, -0.15) is 0 Å². The summed E-state index contributed by atoms with van der Waals surface area (Å²) in [5, 5.41) is 6.33. The molecule has 0 atom stereocenters. The molecule has 0 saturated carbocycles. The minimum atomic E-state index is -0.295. The van der Waals surface area contributed by atoms with E-state index in [1.807, 2.05) is 6.07 Å². The third kappa shape index (κ3) is 5.11. The van der Waals surface area contributed by atoms with Crippen LogP contribution in [-0.2, 0) is 13.1 Å². The molecular weight excluding hydrogens is 368 g/mol. The number of carbonyl (C=O) groups is 1. The van der Waals surface area contributed by atoms with Crippen molar-refractivity contribution in [2.45, 2.75) is 13.1 Å². The molecule has 9 heteroatoms. The number of ether oxygens (including phenoxy) is 1. The Bertz CT molecular complexity index is 905. The lowest BCUT2D eigenvalue weighted by Gasteiger charge is -2.08. The van der Waals surface area contributed by atoms with E-state index < -0.39 is 0 Å². The van der Waals surface area contributed by atoms with Gasteiger partial charge in [0.2, 0.25) is 5.95 Å². The summed E-state index contributed by atoms with van der Waals surface area (Å²) in [7, 11) is 1.57. The standard InChI is InChI=1S/C18H17ClN6O2/c1-27-15-4-3-12(7-14(15)19)8-23-18-24-9-13(10-25-18)17(26)22-11-16-20-5-2-6-21-16/h2-7,9-10H,8,11H2,1H3,(H,22,26)(H,23,24,25). The molecule has 0 aliphatic rings. The quantitative estimate of drug-likeness (QED) is 0.645. The molecule has 8 nitrogen and oxygen atoms in total.